The molecule has 4 nitrogen and oxygen atoms in total. The van der Waals surface area contributed by atoms with Crippen molar-refractivity contribution >= 4 is 22.8 Å². The third-order valence-corrected chi connectivity index (χ3v) is 6.03. The Hall–Kier alpha value is -2.01. The van der Waals surface area contributed by atoms with E-state index in [1.807, 2.05) is 30.1 Å². The van der Waals surface area contributed by atoms with Gasteiger partial charge in [-0.2, -0.15) is 0 Å². The molecule has 0 radical (unpaired) electrons. The quantitative estimate of drug-likeness (QED) is 0.657. The number of aromatic nitrogens is 3. The van der Waals surface area contributed by atoms with Crippen molar-refractivity contribution in [3.05, 3.63) is 47.8 Å². The normalized spacial score (nSPS) is 17.5. The Morgan fingerprint density at radius 1 is 1.21 bits per heavy atom. The molecule has 0 aliphatic heterocycles. The van der Waals surface area contributed by atoms with E-state index in [0.29, 0.717) is 5.25 Å². The summed E-state index contributed by atoms with van der Waals surface area (Å²) >= 11 is 1.83. The van der Waals surface area contributed by atoms with E-state index in [-0.39, 0.29) is 0 Å². The van der Waals surface area contributed by atoms with E-state index >= 15 is 0 Å². The van der Waals surface area contributed by atoms with Gasteiger partial charge in [0.2, 0.25) is 0 Å². The van der Waals surface area contributed by atoms with Crippen molar-refractivity contribution in [2.75, 3.05) is 7.11 Å². The summed E-state index contributed by atoms with van der Waals surface area (Å²) in [7, 11) is 3.84. The summed E-state index contributed by atoms with van der Waals surface area (Å²) < 4.78 is 7.75. The van der Waals surface area contributed by atoms with Crippen LogP contribution in [0.1, 0.15) is 35.8 Å². The Morgan fingerprint density at radius 3 is 2.92 bits per heavy atom. The van der Waals surface area contributed by atoms with Gasteiger partial charge in [0.1, 0.15) is 5.75 Å². The highest BCUT2D eigenvalue weighted by atomic mass is 32.2. The summed E-state index contributed by atoms with van der Waals surface area (Å²) in [5.41, 5.74) is 4.67. The van der Waals surface area contributed by atoms with Crippen LogP contribution in [0.15, 0.2) is 41.7 Å². The second kappa shape index (κ2) is 6.48. The smallest absolute Gasteiger partial charge is 0.169 e. The van der Waals surface area contributed by atoms with Crippen molar-refractivity contribution < 1.29 is 4.74 Å². The van der Waals surface area contributed by atoms with Gasteiger partial charge >= 0.3 is 0 Å². The SMILES string of the molecule is COc1ccnc2c1CCCC[C@@H]2Sc1nc2ccccc2n1C. The summed E-state index contributed by atoms with van der Waals surface area (Å²) in [4.78, 5) is 9.53. The Kier molecular flexibility index (Phi) is 4.19. The van der Waals surface area contributed by atoms with Crippen LogP contribution in [0.5, 0.6) is 5.75 Å². The fourth-order valence-corrected chi connectivity index (χ4v) is 4.71. The highest BCUT2D eigenvalue weighted by Crippen LogP contribution is 2.43. The Balaban J connectivity index is 1.73. The molecule has 1 aliphatic rings. The molecular weight excluding hydrogens is 318 g/mol. The van der Waals surface area contributed by atoms with Gasteiger partial charge in [-0.05, 0) is 37.5 Å². The van der Waals surface area contributed by atoms with Crippen LogP contribution in [0.2, 0.25) is 0 Å². The van der Waals surface area contributed by atoms with E-state index in [1.54, 1.807) is 7.11 Å². The molecule has 0 spiro atoms. The predicted molar refractivity (Wildman–Crippen MR) is 97.7 cm³/mol. The Labute approximate surface area is 146 Å². The van der Waals surface area contributed by atoms with Crippen molar-refractivity contribution in [3.63, 3.8) is 0 Å². The highest BCUT2D eigenvalue weighted by Gasteiger charge is 2.25. The molecular formula is C19H21N3OS. The number of para-hydroxylation sites is 2. The fraction of sp³-hybridized carbons (Fsp3) is 0.368. The molecule has 0 saturated carbocycles. The van der Waals surface area contributed by atoms with Crippen LogP contribution in [-0.4, -0.2) is 21.6 Å². The number of imidazole rings is 1. The van der Waals surface area contributed by atoms with Gasteiger partial charge in [-0.15, -0.1) is 0 Å². The van der Waals surface area contributed by atoms with Gasteiger partial charge in [0.05, 0.1) is 29.1 Å². The maximum absolute atomic E-state index is 5.57. The monoisotopic (exact) mass is 339 g/mol. The van der Waals surface area contributed by atoms with Crippen molar-refractivity contribution in [1.29, 1.82) is 0 Å². The summed E-state index contributed by atoms with van der Waals surface area (Å²) in [6.07, 6.45) is 6.44. The van der Waals surface area contributed by atoms with Gasteiger partial charge < -0.3 is 9.30 Å². The summed E-state index contributed by atoms with van der Waals surface area (Å²) in [6.45, 7) is 0. The fourth-order valence-electron chi connectivity index (χ4n) is 3.45. The predicted octanol–water partition coefficient (Wildman–Crippen LogP) is 4.54. The van der Waals surface area contributed by atoms with Gasteiger partial charge in [0, 0.05) is 18.8 Å². The minimum absolute atomic E-state index is 0.327. The molecule has 0 saturated heterocycles. The molecule has 0 N–H and O–H groups in total. The Bertz CT molecular complexity index is 874. The number of rotatable bonds is 3. The highest BCUT2D eigenvalue weighted by molar-refractivity contribution is 7.99. The Morgan fingerprint density at radius 2 is 2.08 bits per heavy atom. The van der Waals surface area contributed by atoms with E-state index in [1.165, 1.54) is 29.6 Å². The van der Waals surface area contributed by atoms with E-state index < -0.39 is 0 Å². The van der Waals surface area contributed by atoms with Crippen LogP contribution in [0, 0.1) is 0 Å². The molecule has 0 amide bonds. The summed E-state index contributed by atoms with van der Waals surface area (Å²) in [6, 6.07) is 10.3. The van der Waals surface area contributed by atoms with Gasteiger partial charge in [-0.25, -0.2) is 4.98 Å². The third-order valence-electron chi connectivity index (χ3n) is 4.71. The number of aryl methyl sites for hydroxylation is 1. The van der Waals surface area contributed by atoms with Gasteiger partial charge in [-0.3, -0.25) is 4.98 Å². The number of hydrogen-bond donors (Lipinski definition) is 0. The number of hydrogen-bond acceptors (Lipinski definition) is 4. The van der Waals surface area contributed by atoms with E-state index in [4.69, 9.17) is 14.7 Å². The maximum atomic E-state index is 5.57. The largest absolute Gasteiger partial charge is 0.496 e. The number of methoxy groups -OCH3 is 1. The van der Waals surface area contributed by atoms with Gasteiger partial charge in [-0.1, -0.05) is 30.3 Å². The van der Waals surface area contributed by atoms with Crippen molar-refractivity contribution in [1.82, 2.24) is 14.5 Å². The van der Waals surface area contributed by atoms with Gasteiger partial charge in [0.25, 0.3) is 0 Å². The van der Waals surface area contributed by atoms with Crippen molar-refractivity contribution in [2.24, 2.45) is 7.05 Å². The maximum Gasteiger partial charge on any atom is 0.169 e. The van der Waals surface area contributed by atoms with Crippen LogP contribution in [0.25, 0.3) is 11.0 Å². The molecule has 24 heavy (non-hydrogen) atoms. The van der Waals surface area contributed by atoms with E-state index in [9.17, 15) is 0 Å². The number of fused-ring (bicyclic) bond motifs is 2. The molecule has 2 heterocycles. The van der Waals surface area contributed by atoms with Crippen molar-refractivity contribution in [2.45, 2.75) is 36.1 Å². The number of benzene rings is 1. The average Bonchev–Trinajstić information content (AvgIpc) is 2.79. The first kappa shape index (κ1) is 15.5. The lowest BCUT2D eigenvalue weighted by Gasteiger charge is -2.17. The first-order valence-electron chi connectivity index (χ1n) is 8.38. The van der Waals surface area contributed by atoms with Crippen LogP contribution in [0.4, 0.5) is 0 Å². The summed E-state index contributed by atoms with van der Waals surface area (Å²) in [5, 5.41) is 1.38. The molecule has 0 fully saturated rings. The summed E-state index contributed by atoms with van der Waals surface area (Å²) in [5.74, 6) is 0.970. The molecule has 1 aliphatic carbocycles. The van der Waals surface area contributed by atoms with Crippen LogP contribution in [0.3, 0.4) is 0 Å². The molecule has 2 aromatic heterocycles. The molecule has 5 heteroatoms. The molecule has 1 atom stereocenters. The molecule has 124 valence electrons. The van der Waals surface area contributed by atoms with Crippen LogP contribution >= 0.6 is 11.8 Å². The minimum Gasteiger partial charge on any atom is -0.496 e. The first-order chi connectivity index (χ1) is 11.8. The van der Waals surface area contributed by atoms with Crippen LogP contribution < -0.4 is 4.74 Å². The lowest BCUT2D eigenvalue weighted by Crippen LogP contribution is -2.03. The molecule has 0 bridgehead atoms. The molecule has 3 aromatic rings. The van der Waals surface area contributed by atoms with E-state index in [2.05, 4.69) is 29.8 Å². The zero-order valence-corrected chi connectivity index (χ0v) is 14.8. The number of nitrogens with zero attached hydrogens (tertiary/aromatic N) is 3. The van der Waals surface area contributed by atoms with Crippen molar-refractivity contribution in [3.8, 4) is 5.75 Å². The lowest BCUT2D eigenvalue weighted by atomic mass is 10.1. The minimum atomic E-state index is 0.327. The zero-order valence-electron chi connectivity index (χ0n) is 14.0. The zero-order chi connectivity index (χ0) is 16.5. The molecule has 4 rings (SSSR count). The van der Waals surface area contributed by atoms with E-state index in [0.717, 1.165) is 29.3 Å². The standard InChI is InChI=1S/C19H21N3OS/c1-22-15-9-5-4-8-14(15)21-19(22)24-17-10-6-3-7-13-16(23-2)11-12-20-18(13)17/h4-5,8-9,11-12,17H,3,6-7,10H2,1-2H3/t17-/m0/s1. The second-order valence-corrected chi connectivity index (χ2v) is 7.34. The second-order valence-electron chi connectivity index (χ2n) is 6.17. The number of thioether (sulfide) groups is 1. The third kappa shape index (κ3) is 2.67. The lowest BCUT2D eigenvalue weighted by molar-refractivity contribution is 0.408. The van der Waals surface area contributed by atoms with Crippen LogP contribution in [-0.2, 0) is 13.5 Å². The first-order valence-corrected chi connectivity index (χ1v) is 9.26. The number of ether oxygens (including phenoxy) is 1. The molecule has 0 unspecified atom stereocenters. The molecule has 1 aromatic carbocycles. The number of pyridine rings is 1. The average molecular weight is 339 g/mol. The topological polar surface area (TPSA) is 39.9 Å². The van der Waals surface area contributed by atoms with Gasteiger partial charge in [0.15, 0.2) is 5.16 Å².